The summed E-state index contributed by atoms with van der Waals surface area (Å²) >= 11 is 0. The number of rotatable bonds is 4. The fourth-order valence-corrected chi connectivity index (χ4v) is 6.19. The van der Waals surface area contributed by atoms with E-state index in [0.29, 0.717) is 37.6 Å². The van der Waals surface area contributed by atoms with E-state index >= 15 is 0 Å². The van der Waals surface area contributed by atoms with E-state index in [1.54, 1.807) is 22.5 Å². The Morgan fingerprint density at radius 3 is 2.42 bits per heavy atom. The average Bonchev–Trinajstić information content (AvgIpc) is 2.84. The largest absolute Gasteiger partial charge is 0.378 e. The van der Waals surface area contributed by atoms with Crippen molar-refractivity contribution in [3.63, 3.8) is 0 Å². The predicted octanol–water partition coefficient (Wildman–Crippen LogP) is 1.12. The number of aryl methyl sites for hydroxylation is 1. The molecule has 0 spiro atoms. The molecule has 9 nitrogen and oxygen atoms in total. The van der Waals surface area contributed by atoms with Gasteiger partial charge in [0, 0.05) is 64.3 Å². The lowest BCUT2D eigenvalue weighted by molar-refractivity contribution is 0.122. The molecule has 0 amide bonds. The molecule has 2 fully saturated rings. The fourth-order valence-electron chi connectivity index (χ4n) is 4.67. The standard InChI is InChI=1S/C23H32N6O3S/c1-18-4-3-5-19(16-18)33(30,31)29-7-6-21-20(17-29)22(27-10-8-26(2)9-11-27)25-23(24-21)28-12-14-32-15-13-28/h3-5,16H,6-15,17H2,1-2H3. The van der Waals surface area contributed by atoms with Gasteiger partial charge in [0.05, 0.1) is 23.8 Å². The van der Waals surface area contributed by atoms with Crippen LogP contribution in [0, 0.1) is 6.92 Å². The molecular weight excluding hydrogens is 440 g/mol. The van der Waals surface area contributed by atoms with Crippen LogP contribution in [-0.4, -0.2) is 93.7 Å². The first-order chi connectivity index (χ1) is 15.9. The van der Waals surface area contributed by atoms with Crippen LogP contribution in [0.25, 0.3) is 0 Å². The molecular formula is C23H32N6O3S. The van der Waals surface area contributed by atoms with E-state index in [9.17, 15) is 8.42 Å². The number of ether oxygens (including phenoxy) is 1. The Morgan fingerprint density at radius 2 is 1.70 bits per heavy atom. The van der Waals surface area contributed by atoms with Gasteiger partial charge < -0.3 is 19.4 Å². The molecule has 0 aliphatic carbocycles. The highest BCUT2D eigenvalue weighted by Crippen LogP contribution is 2.32. The third-order valence-electron chi connectivity index (χ3n) is 6.72. The number of hydrogen-bond acceptors (Lipinski definition) is 8. The quantitative estimate of drug-likeness (QED) is 0.655. The molecule has 4 heterocycles. The molecule has 1 aromatic carbocycles. The first kappa shape index (κ1) is 22.5. The Morgan fingerprint density at radius 1 is 0.939 bits per heavy atom. The van der Waals surface area contributed by atoms with E-state index in [1.165, 1.54) is 0 Å². The Labute approximate surface area is 196 Å². The van der Waals surface area contributed by atoms with E-state index in [4.69, 9.17) is 14.7 Å². The van der Waals surface area contributed by atoms with Gasteiger partial charge in [0.2, 0.25) is 16.0 Å². The topological polar surface area (TPSA) is 82.1 Å². The predicted molar refractivity (Wildman–Crippen MR) is 127 cm³/mol. The second-order valence-corrected chi connectivity index (χ2v) is 11.0. The molecule has 0 atom stereocenters. The summed E-state index contributed by atoms with van der Waals surface area (Å²) in [6.07, 6.45) is 0.584. The van der Waals surface area contributed by atoms with Crippen molar-refractivity contribution >= 4 is 21.8 Å². The number of piperazine rings is 1. The minimum absolute atomic E-state index is 0.302. The summed E-state index contributed by atoms with van der Waals surface area (Å²) in [5.74, 6) is 1.62. The zero-order chi connectivity index (χ0) is 23.0. The molecule has 0 bridgehead atoms. The number of sulfonamides is 1. The molecule has 3 aliphatic rings. The van der Waals surface area contributed by atoms with Crippen LogP contribution in [0.5, 0.6) is 0 Å². The van der Waals surface area contributed by atoms with Crippen molar-refractivity contribution in [3.8, 4) is 0 Å². The lowest BCUT2D eigenvalue weighted by Gasteiger charge is -2.37. The van der Waals surface area contributed by atoms with Gasteiger partial charge in [-0.2, -0.15) is 9.29 Å². The maximum Gasteiger partial charge on any atom is 0.243 e. The zero-order valence-electron chi connectivity index (χ0n) is 19.4. The molecule has 178 valence electrons. The van der Waals surface area contributed by atoms with Gasteiger partial charge in [-0.15, -0.1) is 0 Å². The fraction of sp³-hybridized carbons (Fsp3) is 0.565. The van der Waals surface area contributed by atoms with Crippen LogP contribution in [0.1, 0.15) is 16.8 Å². The number of hydrogen-bond donors (Lipinski definition) is 0. The lowest BCUT2D eigenvalue weighted by Crippen LogP contribution is -2.46. The molecule has 33 heavy (non-hydrogen) atoms. The Balaban J connectivity index is 1.50. The van der Waals surface area contributed by atoms with Gasteiger partial charge in [0.25, 0.3) is 0 Å². The van der Waals surface area contributed by atoms with Gasteiger partial charge in [-0.25, -0.2) is 13.4 Å². The number of aromatic nitrogens is 2. The number of morpholine rings is 1. The van der Waals surface area contributed by atoms with Gasteiger partial charge in [-0.3, -0.25) is 0 Å². The summed E-state index contributed by atoms with van der Waals surface area (Å²) in [7, 11) is -1.46. The van der Waals surface area contributed by atoms with Crippen molar-refractivity contribution in [2.24, 2.45) is 0 Å². The molecule has 2 saturated heterocycles. The number of benzene rings is 1. The van der Waals surface area contributed by atoms with Gasteiger partial charge in [0.1, 0.15) is 5.82 Å². The summed E-state index contributed by atoms with van der Waals surface area (Å²) in [6, 6.07) is 7.13. The number of anilines is 2. The Hall–Kier alpha value is -2.27. The second-order valence-electron chi connectivity index (χ2n) is 9.07. The molecule has 1 aromatic heterocycles. The van der Waals surface area contributed by atoms with Gasteiger partial charge in [-0.05, 0) is 31.7 Å². The highest BCUT2D eigenvalue weighted by atomic mass is 32.2. The van der Waals surface area contributed by atoms with E-state index < -0.39 is 10.0 Å². The molecule has 0 radical (unpaired) electrons. The maximum atomic E-state index is 13.4. The number of nitrogens with zero attached hydrogens (tertiary/aromatic N) is 6. The minimum Gasteiger partial charge on any atom is -0.378 e. The van der Waals surface area contributed by atoms with E-state index in [0.717, 1.165) is 67.9 Å². The van der Waals surface area contributed by atoms with Crippen molar-refractivity contribution < 1.29 is 13.2 Å². The summed E-state index contributed by atoms with van der Waals surface area (Å²) in [4.78, 5) is 17.0. The van der Waals surface area contributed by atoms with Gasteiger partial charge in [-0.1, -0.05) is 12.1 Å². The normalized spacial score (nSPS) is 20.7. The van der Waals surface area contributed by atoms with Crippen molar-refractivity contribution in [3.05, 3.63) is 41.1 Å². The molecule has 2 aromatic rings. The minimum atomic E-state index is -3.59. The van der Waals surface area contributed by atoms with Crippen LogP contribution in [0.4, 0.5) is 11.8 Å². The number of fused-ring (bicyclic) bond motifs is 1. The van der Waals surface area contributed by atoms with Crippen molar-refractivity contribution in [2.75, 3.05) is 75.9 Å². The molecule has 0 unspecified atom stereocenters. The summed E-state index contributed by atoms with van der Waals surface area (Å²) in [6.45, 7) is 9.18. The Bertz CT molecular complexity index is 1110. The Kier molecular flexibility index (Phi) is 6.26. The third kappa shape index (κ3) is 4.57. The van der Waals surface area contributed by atoms with Crippen LogP contribution in [0.2, 0.25) is 0 Å². The highest BCUT2D eigenvalue weighted by Gasteiger charge is 2.33. The van der Waals surface area contributed by atoms with E-state index in [2.05, 4.69) is 21.7 Å². The molecule has 3 aliphatic heterocycles. The average molecular weight is 473 g/mol. The van der Waals surface area contributed by atoms with Crippen LogP contribution < -0.4 is 9.80 Å². The van der Waals surface area contributed by atoms with Crippen LogP contribution >= 0.6 is 0 Å². The molecule has 10 heteroatoms. The summed E-state index contributed by atoms with van der Waals surface area (Å²) in [5.41, 5.74) is 2.85. The highest BCUT2D eigenvalue weighted by molar-refractivity contribution is 7.89. The van der Waals surface area contributed by atoms with E-state index in [-0.39, 0.29) is 0 Å². The monoisotopic (exact) mass is 472 g/mol. The third-order valence-corrected chi connectivity index (χ3v) is 8.56. The van der Waals surface area contributed by atoms with E-state index in [1.807, 2.05) is 13.0 Å². The smallest absolute Gasteiger partial charge is 0.243 e. The maximum absolute atomic E-state index is 13.4. The number of likely N-dealkylation sites (N-methyl/N-ethyl adjacent to an activating group) is 1. The van der Waals surface area contributed by atoms with Crippen molar-refractivity contribution in [1.29, 1.82) is 0 Å². The molecule has 5 rings (SSSR count). The van der Waals surface area contributed by atoms with Crippen LogP contribution in [0.15, 0.2) is 29.2 Å². The van der Waals surface area contributed by atoms with Gasteiger partial charge in [0.15, 0.2) is 0 Å². The first-order valence-electron chi connectivity index (χ1n) is 11.6. The van der Waals surface area contributed by atoms with Gasteiger partial charge >= 0.3 is 0 Å². The first-order valence-corrected chi connectivity index (χ1v) is 13.1. The van der Waals surface area contributed by atoms with Crippen molar-refractivity contribution in [2.45, 2.75) is 24.8 Å². The van der Waals surface area contributed by atoms with Crippen molar-refractivity contribution in [1.82, 2.24) is 19.2 Å². The molecule has 0 saturated carbocycles. The van der Waals surface area contributed by atoms with Crippen LogP contribution in [0.3, 0.4) is 0 Å². The van der Waals surface area contributed by atoms with Crippen LogP contribution in [-0.2, 0) is 27.7 Å². The SMILES string of the molecule is Cc1cccc(S(=O)(=O)N2CCc3nc(N4CCOCC4)nc(N4CCN(C)CC4)c3C2)c1. The second kappa shape index (κ2) is 9.17. The lowest BCUT2D eigenvalue weighted by atomic mass is 10.1. The zero-order valence-corrected chi connectivity index (χ0v) is 20.2. The molecule has 0 N–H and O–H groups in total. The summed E-state index contributed by atoms with van der Waals surface area (Å²) < 4.78 is 34.0. The summed E-state index contributed by atoms with van der Waals surface area (Å²) in [5, 5.41) is 0.